The number of benzene rings is 2. The average Bonchev–Trinajstić information content (AvgIpc) is 3.48. The van der Waals surface area contributed by atoms with E-state index in [-0.39, 0.29) is 59.1 Å². The summed E-state index contributed by atoms with van der Waals surface area (Å²) in [7, 11) is 0. The third kappa shape index (κ3) is 4.23. The van der Waals surface area contributed by atoms with Crippen LogP contribution in [0.15, 0.2) is 52.2 Å². The lowest BCUT2D eigenvalue weighted by Gasteiger charge is -2.29. The van der Waals surface area contributed by atoms with Crippen LogP contribution in [0.1, 0.15) is 31.6 Å². The van der Waals surface area contributed by atoms with E-state index in [1.54, 1.807) is 4.90 Å². The minimum absolute atomic E-state index is 0.0121. The van der Waals surface area contributed by atoms with Crippen LogP contribution in [0.2, 0.25) is 0 Å². The van der Waals surface area contributed by atoms with Crippen molar-refractivity contribution < 1.29 is 36.9 Å². The topological polar surface area (TPSA) is 126 Å². The van der Waals surface area contributed by atoms with E-state index in [4.69, 9.17) is 4.52 Å². The lowest BCUT2D eigenvalue weighted by atomic mass is 10.0. The smallest absolute Gasteiger partial charge is 0.278 e. The summed E-state index contributed by atoms with van der Waals surface area (Å²) >= 11 is 0. The first-order valence-electron chi connectivity index (χ1n) is 12.5. The van der Waals surface area contributed by atoms with Crippen LogP contribution in [0.25, 0.3) is 22.5 Å². The zero-order valence-electron chi connectivity index (χ0n) is 20.7. The highest BCUT2D eigenvalue weighted by Crippen LogP contribution is 2.35. The van der Waals surface area contributed by atoms with Crippen LogP contribution in [0.5, 0.6) is 0 Å². The van der Waals surface area contributed by atoms with Gasteiger partial charge in [-0.2, -0.15) is 4.98 Å². The number of aromatic nitrogens is 2. The average molecular weight is 551 g/mol. The molecule has 1 aromatic heterocycles. The van der Waals surface area contributed by atoms with E-state index in [9.17, 15) is 28.0 Å². The van der Waals surface area contributed by atoms with Gasteiger partial charge in [0.05, 0.1) is 12.1 Å². The Bertz CT molecular complexity index is 1630. The molecule has 1 saturated heterocycles. The van der Waals surface area contributed by atoms with Crippen LogP contribution in [0.3, 0.4) is 0 Å². The monoisotopic (exact) mass is 551 g/mol. The number of nitrogens with one attached hydrogen (secondary N) is 1. The number of carbonyl (C=O) groups excluding carboxylic acids is 4. The zero-order valence-corrected chi connectivity index (χ0v) is 20.7. The molecule has 4 amide bonds. The van der Waals surface area contributed by atoms with Crippen LogP contribution in [-0.4, -0.2) is 56.2 Å². The first kappa shape index (κ1) is 25.5. The van der Waals surface area contributed by atoms with E-state index in [0.29, 0.717) is 25.5 Å². The number of rotatable bonds is 5. The maximum Gasteiger partial charge on any atom is 0.278 e. The summed E-state index contributed by atoms with van der Waals surface area (Å²) in [5, 5.41) is 6.00. The summed E-state index contributed by atoms with van der Waals surface area (Å²) in [4.78, 5) is 57.1. The molecule has 1 unspecified atom stereocenters. The Morgan fingerprint density at radius 1 is 0.975 bits per heavy atom. The number of nitrogens with zero attached hydrogens (tertiary/aromatic N) is 4. The first-order chi connectivity index (χ1) is 19.2. The Morgan fingerprint density at radius 2 is 1.77 bits per heavy atom. The van der Waals surface area contributed by atoms with Gasteiger partial charge in [-0.1, -0.05) is 17.3 Å². The Hall–Kier alpha value is -4.81. The third-order valence-corrected chi connectivity index (χ3v) is 7.13. The van der Waals surface area contributed by atoms with Gasteiger partial charge in [0.25, 0.3) is 11.8 Å². The molecular formula is C27H20F3N5O5. The van der Waals surface area contributed by atoms with E-state index >= 15 is 4.39 Å². The third-order valence-electron chi connectivity index (χ3n) is 7.13. The van der Waals surface area contributed by atoms with Crippen LogP contribution < -0.4 is 5.32 Å². The summed E-state index contributed by atoms with van der Waals surface area (Å²) in [6, 6.07) is 5.93. The van der Waals surface area contributed by atoms with Crippen molar-refractivity contribution in [3.63, 3.8) is 0 Å². The zero-order chi connectivity index (χ0) is 28.1. The molecule has 1 fully saturated rings. The molecular weight excluding hydrogens is 531 g/mol. The standard InChI is InChI=1S/C27H20F3N5O5/c28-13-6-7-14(18(29)11-13)15-3-1-4-16(22(15)30)24-32-21(40-33-24)12-34-10-2-5-17-23(34)27(39)35(26(17)38)19-8-9-20(36)31-25(19)37/h1,3-4,6-7,11,19H,2,5,8-10,12H2,(H,31,36,37). The largest absolute Gasteiger partial charge is 0.357 e. The molecule has 40 heavy (non-hydrogen) atoms. The molecule has 0 aliphatic carbocycles. The molecule has 1 N–H and O–H groups in total. The maximum atomic E-state index is 15.4. The highest BCUT2D eigenvalue weighted by molar-refractivity contribution is 6.21. The number of halogens is 3. The summed E-state index contributed by atoms with van der Waals surface area (Å²) in [6.45, 7) is 0.314. The number of piperidine rings is 1. The maximum absolute atomic E-state index is 15.4. The van der Waals surface area contributed by atoms with Crippen LogP contribution in [0.4, 0.5) is 13.2 Å². The van der Waals surface area contributed by atoms with Crippen molar-refractivity contribution in [3.05, 3.63) is 71.0 Å². The number of hydrogen-bond donors (Lipinski definition) is 1. The first-order valence-corrected chi connectivity index (χ1v) is 12.5. The van der Waals surface area contributed by atoms with Crippen molar-refractivity contribution in [2.45, 2.75) is 38.3 Å². The fourth-order valence-electron chi connectivity index (χ4n) is 5.27. The van der Waals surface area contributed by atoms with Crippen molar-refractivity contribution in [2.24, 2.45) is 0 Å². The molecule has 4 heterocycles. The van der Waals surface area contributed by atoms with E-state index in [1.807, 2.05) is 0 Å². The molecule has 0 spiro atoms. The second-order valence-corrected chi connectivity index (χ2v) is 9.60. The Balaban J connectivity index is 1.25. The summed E-state index contributed by atoms with van der Waals surface area (Å²) in [5.74, 6) is -5.03. The number of carbonyl (C=O) groups is 4. The lowest BCUT2D eigenvalue weighted by Crippen LogP contribution is -2.55. The summed E-state index contributed by atoms with van der Waals surface area (Å²) in [5.41, 5.74) is 0.0605. The number of amides is 4. The van der Waals surface area contributed by atoms with Gasteiger partial charge in [0.2, 0.25) is 23.5 Å². The molecule has 13 heteroatoms. The minimum Gasteiger partial charge on any atom is -0.357 e. The molecule has 3 aliphatic rings. The molecule has 10 nitrogen and oxygen atoms in total. The predicted molar refractivity (Wildman–Crippen MR) is 130 cm³/mol. The quantitative estimate of drug-likeness (QED) is 0.480. The molecule has 3 aliphatic heterocycles. The molecule has 0 bridgehead atoms. The van der Waals surface area contributed by atoms with Crippen molar-refractivity contribution >= 4 is 23.6 Å². The Morgan fingerprint density at radius 3 is 2.55 bits per heavy atom. The number of hydrogen-bond acceptors (Lipinski definition) is 8. The van der Waals surface area contributed by atoms with E-state index in [0.717, 1.165) is 17.0 Å². The van der Waals surface area contributed by atoms with Gasteiger partial charge in [-0.05, 0) is 37.5 Å². The van der Waals surface area contributed by atoms with Crippen molar-refractivity contribution in [3.8, 4) is 22.5 Å². The number of imide groups is 2. The van der Waals surface area contributed by atoms with Crippen LogP contribution in [-0.2, 0) is 25.7 Å². The van der Waals surface area contributed by atoms with Gasteiger partial charge in [-0.25, -0.2) is 13.2 Å². The molecule has 3 aromatic rings. The van der Waals surface area contributed by atoms with Crippen molar-refractivity contribution in [1.82, 2.24) is 25.3 Å². The fourth-order valence-corrected chi connectivity index (χ4v) is 5.27. The van der Waals surface area contributed by atoms with Gasteiger partial charge in [-0.3, -0.25) is 29.4 Å². The lowest BCUT2D eigenvalue weighted by molar-refractivity contribution is -0.150. The normalized spacial score (nSPS) is 19.4. The second kappa shape index (κ2) is 9.74. The molecule has 2 aromatic carbocycles. The molecule has 0 radical (unpaired) electrons. The molecule has 0 saturated carbocycles. The molecule has 6 rings (SSSR count). The van der Waals surface area contributed by atoms with E-state index < -0.39 is 47.1 Å². The van der Waals surface area contributed by atoms with Gasteiger partial charge in [-0.15, -0.1) is 0 Å². The molecule has 204 valence electrons. The van der Waals surface area contributed by atoms with Gasteiger partial charge < -0.3 is 9.42 Å². The summed E-state index contributed by atoms with van der Waals surface area (Å²) < 4.78 is 48.4. The SMILES string of the molecule is O=C1CCC(N2C(=O)C3=C(C2=O)N(Cc2nc(-c4cccc(-c5ccc(F)cc5F)c4F)no2)CCC3)C(=O)N1. The van der Waals surface area contributed by atoms with Crippen LogP contribution >= 0.6 is 0 Å². The second-order valence-electron chi connectivity index (χ2n) is 9.60. The highest BCUT2D eigenvalue weighted by atomic mass is 19.1. The Kier molecular flexibility index (Phi) is 6.20. The predicted octanol–water partition coefficient (Wildman–Crippen LogP) is 2.84. The van der Waals surface area contributed by atoms with Gasteiger partial charge in [0, 0.05) is 35.7 Å². The van der Waals surface area contributed by atoms with Crippen LogP contribution in [0, 0.1) is 17.5 Å². The fraction of sp³-hybridized carbons (Fsp3) is 0.259. The van der Waals surface area contributed by atoms with Crippen molar-refractivity contribution in [1.29, 1.82) is 0 Å². The van der Waals surface area contributed by atoms with E-state index in [2.05, 4.69) is 15.5 Å². The van der Waals surface area contributed by atoms with Gasteiger partial charge >= 0.3 is 0 Å². The molecule has 1 atom stereocenters. The summed E-state index contributed by atoms with van der Waals surface area (Å²) in [6.07, 6.45) is 0.940. The van der Waals surface area contributed by atoms with Crippen molar-refractivity contribution in [2.75, 3.05) is 6.54 Å². The van der Waals surface area contributed by atoms with Gasteiger partial charge in [0.15, 0.2) is 0 Å². The Labute approximate surface area is 224 Å². The van der Waals surface area contributed by atoms with E-state index in [1.165, 1.54) is 18.2 Å². The minimum atomic E-state index is -1.08. The highest BCUT2D eigenvalue weighted by Gasteiger charge is 2.48. The van der Waals surface area contributed by atoms with Gasteiger partial charge in [0.1, 0.15) is 29.2 Å².